The largest absolute Gasteiger partial charge is 0.400 e. The molecule has 0 aromatic carbocycles. The molecule has 0 aromatic rings. The monoisotopic (exact) mass is 175 g/mol. The van der Waals surface area contributed by atoms with Gasteiger partial charge in [0, 0.05) is 19.8 Å². The number of hydrogen-bond donors (Lipinski definition) is 1. The first-order chi connectivity index (χ1) is 5.70. The molecule has 0 aromatic heterocycles. The lowest BCUT2D eigenvalue weighted by Gasteiger charge is -2.31. The summed E-state index contributed by atoms with van der Waals surface area (Å²) in [5.41, 5.74) is 0. The van der Waals surface area contributed by atoms with Gasteiger partial charge in [0.05, 0.1) is 6.10 Å². The molecule has 1 fully saturated rings. The van der Waals surface area contributed by atoms with Gasteiger partial charge in [-0.1, -0.05) is 0 Å². The van der Waals surface area contributed by atoms with Gasteiger partial charge < -0.3 is 14.7 Å². The van der Waals surface area contributed by atoms with Gasteiger partial charge in [0.1, 0.15) is 0 Å². The van der Waals surface area contributed by atoms with Gasteiger partial charge in [0.15, 0.2) is 0 Å². The van der Waals surface area contributed by atoms with Crippen LogP contribution in [-0.4, -0.2) is 50.0 Å². The first-order valence-corrected chi connectivity index (χ1v) is 4.43. The van der Waals surface area contributed by atoms with Crippen molar-refractivity contribution in [2.24, 2.45) is 0 Å². The average molecular weight is 175 g/mol. The van der Waals surface area contributed by atoms with Crippen LogP contribution in [0.5, 0.6) is 0 Å². The lowest BCUT2D eigenvalue weighted by Crippen LogP contribution is -2.37. The van der Waals surface area contributed by atoms with Gasteiger partial charge in [-0.3, -0.25) is 0 Å². The van der Waals surface area contributed by atoms with Gasteiger partial charge >= 0.3 is 0 Å². The molecule has 0 bridgehead atoms. The normalized spacial score (nSPS) is 29.5. The summed E-state index contributed by atoms with van der Waals surface area (Å²) >= 11 is 0. The van der Waals surface area contributed by atoms with E-state index in [-0.39, 0.29) is 0 Å². The molecule has 0 amide bonds. The maximum Gasteiger partial charge on any atom is 0.0561 e. The number of aliphatic hydroxyl groups is 1. The van der Waals surface area contributed by atoms with E-state index in [1.807, 2.05) is 0 Å². The van der Waals surface area contributed by atoms with Crippen LogP contribution in [0.1, 0.15) is 19.8 Å². The Bertz CT molecular complexity index is 107. The van der Waals surface area contributed by atoms with Gasteiger partial charge in [0.25, 0.3) is 0 Å². The quantitative estimate of drug-likeness (QED) is 0.637. The third-order valence-electron chi connectivity index (χ3n) is 2.19. The highest BCUT2D eigenvalue weighted by Gasteiger charge is 2.20. The third kappa shape index (κ3) is 4.04. The minimum absolute atomic E-state index is 0.459. The SMILES string of the molecule is CC1CC(N(C)C)CCO1.CO. The van der Waals surface area contributed by atoms with Crippen LogP contribution in [0, 0.1) is 0 Å². The number of aliphatic hydroxyl groups excluding tert-OH is 1. The van der Waals surface area contributed by atoms with Crippen molar-refractivity contribution in [3.05, 3.63) is 0 Å². The van der Waals surface area contributed by atoms with Gasteiger partial charge in [-0.25, -0.2) is 0 Å². The molecule has 1 heterocycles. The summed E-state index contributed by atoms with van der Waals surface area (Å²) in [4.78, 5) is 2.29. The molecule has 2 unspecified atom stereocenters. The Morgan fingerprint density at radius 2 is 1.92 bits per heavy atom. The minimum Gasteiger partial charge on any atom is -0.400 e. The maximum absolute atomic E-state index is 7.00. The summed E-state index contributed by atoms with van der Waals surface area (Å²) in [6.45, 7) is 3.08. The predicted molar refractivity (Wildman–Crippen MR) is 50.3 cm³/mol. The first-order valence-electron chi connectivity index (χ1n) is 4.43. The zero-order valence-electron chi connectivity index (χ0n) is 8.58. The van der Waals surface area contributed by atoms with Crippen molar-refractivity contribution < 1.29 is 9.84 Å². The van der Waals surface area contributed by atoms with E-state index in [9.17, 15) is 0 Å². The maximum atomic E-state index is 7.00. The highest BCUT2D eigenvalue weighted by Crippen LogP contribution is 2.16. The van der Waals surface area contributed by atoms with Crippen LogP contribution in [0.25, 0.3) is 0 Å². The van der Waals surface area contributed by atoms with E-state index < -0.39 is 0 Å². The molecular formula is C9H21NO2. The molecule has 0 saturated carbocycles. The van der Waals surface area contributed by atoms with Crippen LogP contribution in [0.15, 0.2) is 0 Å². The van der Waals surface area contributed by atoms with E-state index in [1.165, 1.54) is 12.8 Å². The lowest BCUT2D eigenvalue weighted by molar-refractivity contribution is -0.00673. The lowest BCUT2D eigenvalue weighted by atomic mass is 10.0. The van der Waals surface area contributed by atoms with Gasteiger partial charge in [-0.05, 0) is 33.9 Å². The molecule has 0 radical (unpaired) electrons. The average Bonchev–Trinajstić information content (AvgIpc) is 2.08. The number of rotatable bonds is 1. The van der Waals surface area contributed by atoms with Crippen molar-refractivity contribution in [1.82, 2.24) is 4.90 Å². The molecule has 3 nitrogen and oxygen atoms in total. The Labute approximate surface area is 75.3 Å². The second-order valence-corrected chi connectivity index (χ2v) is 3.32. The van der Waals surface area contributed by atoms with E-state index in [0.717, 1.165) is 19.8 Å². The van der Waals surface area contributed by atoms with E-state index >= 15 is 0 Å². The van der Waals surface area contributed by atoms with Crippen molar-refractivity contribution in [2.45, 2.75) is 31.9 Å². The summed E-state index contributed by atoms with van der Waals surface area (Å²) in [6, 6.07) is 0.740. The van der Waals surface area contributed by atoms with Crippen molar-refractivity contribution in [3.8, 4) is 0 Å². The van der Waals surface area contributed by atoms with Gasteiger partial charge in [-0.2, -0.15) is 0 Å². The molecule has 1 N–H and O–H groups in total. The summed E-state index contributed by atoms with van der Waals surface area (Å²) in [6.07, 6.45) is 2.84. The topological polar surface area (TPSA) is 32.7 Å². The van der Waals surface area contributed by atoms with Crippen LogP contribution >= 0.6 is 0 Å². The second-order valence-electron chi connectivity index (χ2n) is 3.32. The van der Waals surface area contributed by atoms with Crippen molar-refractivity contribution in [1.29, 1.82) is 0 Å². The molecule has 2 atom stereocenters. The van der Waals surface area contributed by atoms with Crippen LogP contribution in [-0.2, 0) is 4.74 Å². The highest BCUT2D eigenvalue weighted by molar-refractivity contribution is 4.73. The Hall–Kier alpha value is -0.120. The fourth-order valence-electron chi connectivity index (χ4n) is 1.44. The standard InChI is InChI=1S/C8H17NO.CH4O/c1-7-6-8(9(2)3)4-5-10-7;1-2/h7-8H,4-6H2,1-3H3;2H,1H3. The Balaban J connectivity index is 0.000000561. The van der Waals surface area contributed by atoms with E-state index in [2.05, 4.69) is 25.9 Å². The molecule has 1 saturated heterocycles. The summed E-state index contributed by atoms with van der Waals surface area (Å²) in [5, 5.41) is 7.00. The Morgan fingerprint density at radius 3 is 2.25 bits per heavy atom. The molecule has 12 heavy (non-hydrogen) atoms. The molecule has 74 valence electrons. The number of hydrogen-bond acceptors (Lipinski definition) is 3. The molecule has 0 spiro atoms. The third-order valence-corrected chi connectivity index (χ3v) is 2.19. The number of nitrogens with zero attached hydrogens (tertiary/aromatic N) is 1. The van der Waals surface area contributed by atoms with E-state index in [4.69, 9.17) is 9.84 Å². The van der Waals surface area contributed by atoms with Crippen molar-refractivity contribution >= 4 is 0 Å². The van der Waals surface area contributed by atoms with Crippen LogP contribution in [0.4, 0.5) is 0 Å². The Morgan fingerprint density at radius 1 is 1.33 bits per heavy atom. The van der Waals surface area contributed by atoms with Gasteiger partial charge in [0.2, 0.25) is 0 Å². The smallest absolute Gasteiger partial charge is 0.0561 e. The van der Waals surface area contributed by atoms with Crippen LogP contribution in [0.3, 0.4) is 0 Å². The zero-order chi connectivity index (χ0) is 9.56. The molecule has 0 aliphatic carbocycles. The summed E-state index contributed by atoms with van der Waals surface area (Å²) < 4.78 is 5.43. The predicted octanol–water partition coefficient (Wildman–Crippen LogP) is 0.724. The van der Waals surface area contributed by atoms with E-state index in [1.54, 1.807) is 0 Å². The van der Waals surface area contributed by atoms with Gasteiger partial charge in [-0.15, -0.1) is 0 Å². The minimum atomic E-state index is 0.459. The summed E-state index contributed by atoms with van der Waals surface area (Å²) in [7, 11) is 5.28. The van der Waals surface area contributed by atoms with Crippen molar-refractivity contribution in [2.75, 3.05) is 27.8 Å². The summed E-state index contributed by atoms with van der Waals surface area (Å²) in [5.74, 6) is 0. The second kappa shape index (κ2) is 6.40. The molecule has 1 aliphatic rings. The van der Waals surface area contributed by atoms with E-state index in [0.29, 0.717) is 6.10 Å². The highest BCUT2D eigenvalue weighted by atomic mass is 16.5. The Kier molecular flexibility index (Phi) is 6.34. The number of ether oxygens (including phenoxy) is 1. The molecular weight excluding hydrogens is 154 g/mol. The zero-order valence-corrected chi connectivity index (χ0v) is 8.58. The first kappa shape index (κ1) is 11.9. The molecule has 3 heteroatoms. The molecule has 1 rings (SSSR count). The fraction of sp³-hybridized carbons (Fsp3) is 1.00. The molecule has 1 aliphatic heterocycles. The van der Waals surface area contributed by atoms with Crippen LogP contribution < -0.4 is 0 Å². The van der Waals surface area contributed by atoms with Crippen LogP contribution in [0.2, 0.25) is 0 Å². The fourth-order valence-corrected chi connectivity index (χ4v) is 1.44. The van der Waals surface area contributed by atoms with Crippen molar-refractivity contribution in [3.63, 3.8) is 0 Å².